The van der Waals surface area contributed by atoms with Crippen LogP contribution in [0.15, 0.2) is 266 Å². The van der Waals surface area contributed by atoms with Crippen molar-refractivity contribution in [3.8, 4) is 44.5 Å². The third-order valence-electron chi connectivity index (χ3n) is 18.6. The molecular weight excluding hydrogens is 1130 g/mol. The Balaban J connectivity index is 0.00000333. The molecule has 0 saturated heterocycles. The minimum atomic E-state index is -4.71. The van der Waals surface area contributed by atoms with Crippen LogP contribution in [0.3, 0.4) is 0 Å². The molecule has 0 aromatic heterocycles. The van der Waals surface area contributed by atoms with Crippen molar-refractivity contribution < 1.29 is 17.4 Å². The number of allylic oxidation sites excluding steroid dienone is 2. The number of halogens is 2. The summed E-state index contributed by atoms with van der Waals surface area (Å²) < 4.78 is 6.20. The molecule has 0 radical (unpaired) electrons. The molecule has 0 spiro atoms. The maximum absolute atomic E-state index is 4.71. The first-order chi connectivity index (χ1) is 39.1. The number of fused-ring (bicyclic) bond motifs is 6. The Morgan fingerprint density at radius 1 is 0.317 bits per heavy atom. The zero-order valence-electron chi connectivity index (χ0n) is 47.2. The first-order valence-corrected chi connectivity index (χ1v) is 42.6. The van der Waals surface area contributed by atoms with E-state index in [9.17, 15) is 0 Å². The van der Waals surface area contributed by atoms with Crippen molar-refractivity contribution >= 4 is 86.9 Å². The average molecular weight is 1200 g/mol. The van der Waals surface area contributed by atoms with Crippen LogP contribution >= 0.6 is 24.8 Å². The standard InChI is InChI=1S/2C38H29.2CH3.2ClH.H2Si.Zr/c2*1-26(28-11-3-2-4-12-28)23-27-24-37-35(33-19-9-15-29-13-5-7-17-31(29)33)21-22-36(38(37)25-27)34-20-10-16-30-14-6-8-18-32(30)34;;;;;;/h2*2-22,24-26H,23H2,1H3;2*1H3;2*1H;1H2;. The van der Waals surface area contributed by atoms with Crippen LogP contribution in [0.2, 0.25) is 9.26 Å². The van der Waals surface area contributed by atoms with Crippen molar-refractivity contribution in [2.24, 2.45) is 0 Å². The third-order valence-corrected chi connectivity index (χ3v) is 36.0. The van der Waals surface area contributed by atoms with Crippen LogP contribution in [0, 0.1) is 0 Å². The van der Waals surface area contributed by atoms with E-state index in [2.05, 4.69) is 297 Å². The van der Waals surface area contributed by atoms with Gasteiger partial charge in [0, 0.05) is 0 Å². The van der Waals surface area contributed by atoms with E-state index in [0.717, 1.165) is 12.8 Å². The van der Waals surface area contributed by atoms with Gasteiger partial charge < -0.3 is 0 Å². The number of benzene rings is 12. The molecule has 4 atom stereocenters. The van der Waals surface area contributed by atoms with Crippen LogP contribution in [0.1, 0.15) is 79.2 Å². The normalized spacial score (nSPS) is 15.5. The maximum Gasteiger partial charge on any atom is -0.147 e. The second-order valence-electron chi connectivity index (χ2n) is 24.4. The molecule has 4 heteroatoms. The predicted octanol–water partition coefficient (Wildman–Crippen LogP) is 22.1. The Kier molecular flexibility index (Phi) is 15.0. The van der Waals surface area contributed by atoms with Crippen LogP contribution < -0.4 is 0 Å². The van der Waals surface area contributed by atoms with Crippen molar-refractivity contribution in [3.63, 3.8) is 0 Å². The fraction of sp³-hybridized carbons (Fsp3) is 0.128. The number of rotatable bonds is 12. The molecular formula is C78H68Cl2SiZr. The van der Waals surface area contributed by atoms with Gasteiger partial charge in [-0.1, -0.05) is 0 Å². The van der Waals surface area contributed by atoms with E-state index in [4.69, 9.17) is 0 Å². The molecule has 14 rings (SSSR count). The Labute approximate surface area is 499 Å². The van der Waals surface area contributed by atoms with Crippen molar-refractivity contribution in [2.75, 3.05) is 0 Å². The molecule has 0 bridgehead atoms. The van der Waals surface area contributed by atoms with Crippen LogP contribution in [0.5, 0.6) is 0 Å². The molecule has 82 heavy (non-hydrogen) atoms. The van der Waals surface area contributed by atoms with Crippen molar-refractivity contribution in [1.82, 2.24) is 0 Å². The van der Waals surface area contributed by atoms with Gasteiger partial charge in [0.05, 0.1) is 0 Å². The monoisotopic (exact) mass is 1190 g/mol. The summed E-state index contributed by atoms with van der Waals surface area (Å²) in [6.07, 6.45) is 7.43. The average Bonchev–Trinajstić information content (AvgIpc) is 4.11. The molecule has 0 saturated carbocycles. The molecule has 0 amide bonds. The molecule has 0 N–H and O–H groups in total. The third kappa shape index (κ3) is 9.51. The quantitative estimate of drug-likeness (QED) is 0.107. The molecule has 4 unspecified atom stereocenters. The smallest absolute Gasteiger partial charge is 0.147 e. The van der Waals surface area contributed by atoms with Crippen LogP contribution in [0.25, 0.3) is 99.7 Å². The van der Waals surface area contributed by atoms with Gasteiger partial charge in [0.2, 0.25) is 0 Å². The van der Waals surface area contributed by atoms with Crippen LogP contribution in [-0.2, 0) is 17.4 Å². The molecule has 12 aromatic rings. The van der Waals surface area contributed by atoms with E-state index in [1.165, 1.54) is 121 Å². The zero-order chi connectivity index (χ0) is 54.1. The maximum atomic E-state index is 2.90. The van der Waals surface area contributed by atoms with Gasteiger partial charge in [-0.2, -0.15) is 0 Å². The summed E-state index contributed by atoms with van der Waals surface area (Å²) in [4.78, 5) is 0. The van der Waals surface area contributed by atoms with E-state index in [1.54, 1.807) is 11.1 Å². The van der Waals surface area contributed by atoms with E-state index in [0.29, 0.717) is 11.8 Å². The molecule has 2 aliphatic carbocycles. The van der Waals surface area contributed by atoms with Crippen LogP contribution in [0.4, 0.5) is 0 Å². The summed E-state index contributed by atoms with van der Waals surface area (Å²) in [6.45, 7) is 7.48. The first-order valence-electron chi connectivity index (χ1n) is 28.9. The summed E-state index contributed by atoms with van der Waals surface area (Å²) in [5.74, 6) is 0.617. The van der Waals surface area contributed by atoms with E-state index < -0.39 is 17.4 Å². The summed E-state index contributed by atoms with van der Waals surface area (Å²) in [5.41, 5.74) is 22.5. The molecule has 0 fully saturated rings. The van der Waals surface area contributed by atoms with Gasteiger partial charge in [-0.15, -0.1) is 24.8 Å². The summed E-state index contributed by atoms with van der Waals surface area (Å²) in [6, 6.07) is 96.7. The molecule has 0 aliphatic heterocycles. The van der Waals surface area contributed by atoms with Gasteiger partial charge >= 0.3 is 478 Å². The van der Waals surface area contributed by atoms with Gasteiger partial charge in [-0.3, -0.25) is 0 Å². The second-order valence-corrected chi connectivity index (χ2v) is 54.8. The van der Waals surface area contributed by atoms with E-state index in [-0.39, 0.29) is 32.1 Å². The fourth-order valence-corrected chi connectivity index (χ4v) is 34.6. The summed E-state index contributed by atoms with van der Waals surface area (Å²) >= 11 is -4.71. The predicted molar refractivity (Wildman–Crippen MR) is 360 cm³/mol. The molecule has 12 aromatic carbocycles. The Morgan fingerprint density at radius 3 is 0.915 bits per heavy atom. The Morgan fingerprint density at radius 2 is 0.585 bits per heavy atom. The Hall–Kier alpha value is -7.16. The van der Waals surface area contributed by atoms with Gasteiger partial charge in [0.15, 0.2) is 0 Å². The van der Waals surface area contributed by atoms with Gasteiger partial charge in [-0.05, 0) is 0 Å². The van der Waals surface area contributed by atoms with Crippen molar-refractivity contribution in [3.05, 3.63) is 299 Å². The minimum Gasteiger partial charge on any atom is -0.147 e. The summed E-state index contributed by atoms with van der Waals surface area (Å²) in [5, 5.41) is 10.3. The summed E-state index contributed by atoms with van der Waals surface area (Å²) in [7, 11) is 0. The van der Waals surface area contributed by atoms with E-state index >= 15 is 0 Å². The SMILES string of the molecule is CC(CC1=Cc2c(-c3cccc4ccccc34)ccc(-c3cccc4ccccc34)c2[CH]1[Zr]([CH3])([CH3])(=[SiH2])[CH]1C(CC(C)c2ccccc2)=Cc2c(-c3cccc4ccccc34)ccc(-c3cccc4ccccc34)c21)c1ccccc1.Cl.Cl. The molecule has 0 nitrogen and oxygen atoms in total. The van der Waals surface area contributed by atoms with Gasteiger partial charge in [0.25, 0.3) is 0 Å². The van der Waals surface area contributed by atoms with E-state index in [1.807, 2.05) is 0 Å². The van der Waals surface area contributed by atoms with Crippen LogP contribution in [-0.4, -0.2) is 6.88 Å². The topological polar surface area (TPSA) is 0 Å². The number of hydrogen-bond donors (Lipinski definition) is 0. The largest absolute Gasteiger partial charge is 0.147 e. The molecule has 402 valence electrons. The minimum absolute atomic E-state index is 0. The fourth-order valence-electron chi connectivity index (χ4n) is 15.1. The van der Waals surface area contributed by atoms with Crippen molar-refractivity contribution in [2.45, 2.75) is 55.0 Å². The second kappa shape index (κ2) is 22.2. The first kappa shape index (κ1) is 55.4. The van der Waals surface area contributed by atoms with Gasteiger partial charge in [0.1, 0.15) is 0 Å². The number of hydrogen-bond acceptors (Lipinski definition) is 0. The molecule has 2 aliphatic rings. The molecule has 0 heterocycles. The zero-order valence-corrected chi connectivity index (χ0v) is 52.7. The Bertz CT molecular complexity index is 4260. The van der Waals surface area contributed by atoms with Crippen molar-refractivity contribution in [1.29, 1.82) is 0 Å². The van der Waals surface area contributed by atoms with Gasteiger partial charge in [-0.25, -0.2) is 0 Å².